The van der Waals surface area contributed by atoms with Crippen molar-refractivity contribution in [2.75, 3.05) is 6.98 Å². The molecule has 0 saturated heterocycles. The Morgan fingerprint density at radius 3 is 2.60 bits per heavy atom. The number of nitrogens with one attached hydrogen (secondary N) is 1. The molecule has 1 amide bonds. The van der Waals surface area contributed by atoms with Crippen molar-refractivity contribution < 1.29 is 13.7 Å². The molecule has 78 valence electrons. The molecule has 5 nitrogen and oxygen atoms in total. The van der Waals surface area contributed by atoms with Gasteiger partial charge in [-0.15, -0.1) is 10.2 Å². The fourth-order valence-electron chi connectivity index (χ4n) is 1.20. The predicted molar refractivity (Wildman–Crippen MR) is 52.5 cm³/mol. The molecular weight excluding hydrogens is 194 g/mol. The molecule has 0 aromatic carbocycles. The number of nitrogens with zero attached hydrogens (tertiary/aromatic N) is 2. The number of Topliss-reactive ketones (excluding diaryl/α,β-unsaturated/α-hetero) is 1. The first-order valence-corrected chi connectivity index (χ1v) is 4.57. The number of ketones is 1. The van der Waals surface area contributed by atoms with Crippen molar-refractivity contribution in [3.05, 3.63) is 23.5 Å². The van der Waals surface area contributed by atoms with Gasteiger partial charge in [-0.05, 0) is 25.0 Å². The lowest BCUT2D eigenvalue weighted by atomic mass is 10.2. The second-order valence-electron chi connectivity index (χ2n) is 3.40. The van der Waals surface area contributed by atoms with E-state index in [4.69, 9.17) is 4.11 Å². The first-order valence-electron chi connectivity index (χ1n) is 6.07. The molecule has 0 radical (unpaired) electrons. The summed E-state index contributed by atoms with van der Waals surface area (Å²) < 4.78 is 20.7. The Morgan fingerprint density at radius 1 is 1.40 bits per heavy atom. The summed E-state index contributed by atoms with van der Waals surface area (Å²) in [5.41, 5.74) is 0.0846. The Labute approximate surface area is 91.1 Å². The van der Waals surface area contributed by atoms with E-state index in [1.807, 2.05) is 0 Å². The lowest BCUT2D eigenvalue weighted by molar-refractivity contribution is 0.0944. The molecule has 1 aliphatic rings. The first-order chi connectivity index (χ1) is 8.37. The molecule has 0 atom stereocenters. The summed E-state index contributed by atoms with van der Waals surface area (Å²) >= 11 is 0. The highest BCUT2D eigenvalue weighted by Crippen LogP contribution is 2.31. The topological polar surface area (TPSA) is 72.0 Å². The van der Waals surface area contributed by atoms with Gasteiger partial charge in [0.1, 0.15) is 5.69 Å². The summed E-state index contributed by atoms with van der Waals surface area (Å²) in [5.74, 6) is -0.889. The zero-order chi connectivity index (χ0) is 13.3. The van der Waals surface area contributed by atoms with Gasteiger partial charge in [-0.25, -0.2) is 0 Å². The number of hydrogen-bond donors (Lipinski definition) is 1. The molecule has 15 heavy (non-hydrogen) atoms. The Kier molecular flexibility index (Phi) is 1.67. The van der Waals surface area contributed by atoms with E-state index in [9.17, 15) is 9.59 Å². The van der Waals surface area contributed by atoms with Gasteiger partial charge >= 0.3 is 0 Å². The molecule has 2 rings (SSSR count). The number of carbonyl (C=O) groups is 2. The van der Waals surface area contributed by atoms with Crippen molar-refractivity contribution in [1.29, 1.82) is 0 Å². The van der Waals surface area contributed by atoms with Crippen LogP contribution < -0.4 is 5.32 Å². The molecule has 1 fully saturated rings. The van der Waals surface area contributed by atoms with Gasteiger partial charge in [-0.2, -0.15) is 0 Å². The van der Waals surface area contributed by atoms with Crippen LogP contribution in [0.3, 0.4) is 0 Å². The van der Waals surface area contributed by atoms with Gasteiger partial charge in [-0.1, -0.05) is 0 Å². The van der Waals surface area contributed by atoms with Gasteiger partial charge in [-0.3, -0.25) is 9.59 Å². The van der Waals surface area contributed by atoms with E-state index in [0.717, 1.165) is 12.8 Å². The summed E-state index contributed by atoms with van der Waals surface area (Å²) in [7, 11) is 0. The van der Waals surface area contributed by atoms with Crippen LogP contribution in [-0.4, -0.2) is 28.9 Å². The van der Waals surface area contributed by atoms with Crippen LogP contribution in [-0.2, 0) is 0 Å². The largest absolute Gasteiger partial charge is 0.354 e. The van der Waals surface area contributed by atoms with Gasteiger partial charge in [0.05, 0.1) is 0 Å². The fourth-order valence-corrected chi connectivity index (χ4v) is 1.20. The molecule has 1 saturated carbocycles. The maximum Gasteiger partial charge on any atom is 0.271 e. The van der Waals surface area contributed by atoms with Gasteiger partial charge in [0.25, 0.3) is 5.91 Å². The Bertz CT molecular complexity index is 480. The average molecular weight is 208 g/mol. The molecule has 1 aliphatic carbocycles. The van der Waals surface area contributed by atoms with Crippen LogP contribution in [0.5, 0.6) is 0 Å². The lowest BCUT2D eigenvalue weighted by Gasteiger charge is -1.99. The van der Waals surface area contributed by atoms with Gasteiger partial charge < -0.3 is 5.32 Å². The van der Waals surface area contributed by atoms with E-state index in [0.29, 0.717) is 0 Å². The van der Waals surface area contributed by atoms with Crippen LogP contribution in [0, 0.1) is 5.92 Å². The summed E-state index contributed by atoms with van der Waals surface area (Å²) in [6, 6.07) is 2.69. The van der Waals surface area contributed by atoms with Crippen molar-refractivity contribution in [3.63, 3.8) is 0 Å². The zero-order valence-corrected chi connectivity index (χ0v) is 7.86. The minimum Gasteiger partial charge on any atom is -0.354 e. The standard InChI is InChI=1S/C10H11N3O2/c1-11-10(15)8-5-4-7(12-13-8)9(14)6-2-3-6/h4-6H,2-3H2,1H3,(H,11,15)/i1D3. The van der Waals surface area contributed by atoms with Crippen molar-refractivity contribution in [2.45, 2.75) is 12.8 Å². The molecule has 1 aromatic rings. The molecular formula is C10H11N3O2. The third-order valence-corrected chi connectivity index (χ3v) is 2.21. The number of aromatic nitrogens is 2. The highest BCUT2D eigenvalue weighted by molar-refractivity contribution is 5.98. The van der Waals surface area contributed by atoms with Crippen molar-refractivity contribution in [1.82, 2.24) is 15.5 Å². The van der Waals surface area contributed by atoms with Crippen LogP contribution in [0.4, 0.5) is 0 Å². The van der Waals surface area contributed by atoms with E-state index in [1.54, 1.807) is 5.32 Å². The maximum atomic E-state index is 11.6. The van der Waals surface area contributed by atoms with Gasteiger partial charge in [0.15, 0.2) is 11.5 Å². The average Bonchev–Trinajstić information content (AvgIpc) is 3.10. The van der Waals surface area contributed by atoms with E-state index < -0.39 is 12.9 Å². The maximum absolute atomic E-state index is 11.6. The minimum atomic E-state index is -2.57. The highest BCUT2D eigenvalue weighted by atomic mass is 16.2. The van der Waals surface area contributed by atoms with Crippen LogP contribution >= 0.6 is 0 Å². The number of rotatable bonds is 3. The smallest absolute Gasteiger partial charge is 0.271 e. The van der Waals surface area contributed by atoms with E-state index in [-0.39, 0.29) is 23.1 Å². The van der Waals surface area contributed by atoms with Gasteiger partial charge in [0.2, 0.25) is 0 Å². The third-order valence-electron chi connectivity index (χ3n) is 2.21. The minimum absolute atomic E-state index is 0.0290. The quantitative estimate of drug-likeness (QED) is 0.731. The Hall–Kier alpha value is -1.78. The second kappa shape index (κ2) is 3.76. The van der Waals surface area contributed by atoms with Crippen molar-refractivity contribution in [2.24, 2.45) is 5.92 Å². The summed E-state index contributed by atoms with van der Waals surface area (Å²) in [6.07, 6.45) is 1.73. The van der Waals surface area contributed by atoms with Crippen LogP contribution in [0.1, 0.15) is 37.9 Å². The number of hydrogen-bond acceptors (Lipinski definition) is 4. The lowest BCUT2D eigenvalue weighted by Crippen LogP contribution is -2.20. The fraction of sp³-hybridized carbons (Fsp3) is 0.400. The molecule has 0 spiro atoms. The highest BCUT2D eigenvalue weighted by Gasteiger charge is 2.31. The molecule has 0 aliphatic heterocycles. The zero-order valence-electron chi connectivity index (χ0n) is 10.9. The summed E-state index contributed by atoms with van der Waals surface area (Å²) in [5, 5.41) is 9.00. The van der Waals surface area contributed by atoms with E-state index in [1.165, 1.54) is 12.1 Å². The Balaban J connectivity index is 2.07. The molecule has 1 heterocycles. The number of amides is 1. The molecule has 1 N–H and O–H groups in total. The van der Waals surface area contributed by atoms with E-state index >= 15 is 0 Å². The monoisotopic (exact) mass is 208 g/mol. The molecule has 0 bridgehead atoms. The van der Waals surface area contributed by atoms with Crippen LogP contribution in [0.2, 0.25) is 0 Å². The molecule has 0 unspecified atom stereocenters. The molecule has 5 heteroatoms. The third kappa shape index (κ3) is 2.01. The van der Waals surface area contributed by atoms with Crippen LogP contribution in [0.15, 0.2) is 12.1 Å². The number of carbonyl (C=O) groups excluding carboxylic acids is 2. The first kappa shape index (κ1) is 6.66. The summed E-state index contributed by atoms with van der Waals surface area (Å²) in [6.45, 7) is -2.57. The van der Waals surface area contributed by atoms with Crippen molar-refractivity contribution in [3.8, 4) is 0 Å². The normalized spacial score (nSPS) is 18.5. The van der Waals surface area contributed by atoms with Gasteiger partial charge in [0, 0.05) is 17.0 Å². The van der Waals surface area contributed by atoms with Crippen LogP contribution in [0.25, 0.3) is 0 Å². The molecule has 1 aromatic heterocycles. The SMILES string of the molecule is [2H]C([2H])([2H])NC(=O)c1ccc(C(=O)C2CC2)nn1. The predicted octanol–water partition coefficient (Wildman–Crippen LogP) is 0.429. The second-order valence-corrected chi connectivity index (χ2v) is 3.40. The van der Waals surface area contributed by atoms with Crippen molar-refractivity contribution >= 4 is 11.7 Å². The van der Waals surface area contributed by atoms with E-state index in [2.05, 4.69) is 10.2 Å². The Morgan fingerprint density at radius 2 is 2.07 bits per heavy atom. The summed E-state index contributed by atoms with van der Waals surface area (Å²) in [4.78, 5) is 23.1.